The number of aryl methyl sites for hydroxylation is 1. The molecule has 0 aliphatic rings. The number of rotatable bonds is 7. The molecule has 0 spiro atoms. The Labute approximate surface area is 123 Å². The molecule has 0 unspecified atom stereocenters. The van der Waals surface area contributed by atoms with Crippen molar-refractivity contribution in [3.8, 4) is 0 Å². The van der Waals surface area contributed by atoms with Gasteiger partial charge in [0.1, 0.15) is 5.00 Å². The normalized spacial score (nSPS) is 10.2. The minimum atomic E-state index is -0.326. The lowest BCUT2D eigenvalue weighted by atomic mass is 10.1. The molecule has 1 aromatic rings. The van der Waals surface area contributed by atoms with Crippen molar-refractivity contribution < 1.29 is 19.1 Å². The molecule has 0 radical (unpaired) electrons. The van der Waals surface area contributed by atoms with E-state index in [1.165, 1.54) is 11.3 Å². The van der Waals surface area contributed by atoms with Crippen molar-refractivity contribution in [1.29, 1.82) is 0 Å². The van der Waals surface area contributed by atoms with E-state index in [1.54, 1.807) is 13.8 Å². The minimum Gasteiger partial charge on any atom is -0.466 e. The van der Waals surface area contributed by atoms with Crippen LogP contribution in [-0.4, -0.2) is 31.7 Å². The highest BCUT2D eigenvalue weighted by molar-refractivity contribution is 7.16. The monoisotopic (exact) mass is 299 g/mol. The second kappa shape index (κ2) is 7.89. The van der Waals surface area contributed by atoms with Gasteiger partial charge in [-0.2, -0.15) is 0 Å². The molecule has 1 heterocycles. The summed E-state index contributed by atoms with van der Waals surface area (Å²) >= 11 is 1.50. The molecule has 0 saturated carbocycles. The predicted octanol–water partition coefficient (Wildman–Crippen LogP) is 2.91. The number of hydrogen-bond donors (Lipinski definition) is 1. The van der Waals surface area contributed by atoms with Gasteiger partial charge in [-0.05, 0) is 33.3 Å². The van der Waals surface area contributed by atoms with Gasteiger partial charge in [0, 0.05) is 11.4 Å². The number of ether oxygens (including phenoxy) is 2. The summed E-state index contributed by atoms with van der Waals surface area (Å²) in [7, 11) is 0. The standard InChI is InChI=1S/C14H21NO4S/c1-5-18-11(16)7-8-15-13-12(14(17)19-6-2)9(3)10(4)20-13/h15H,5-8H2,1-4H3. The van der Waals surface area contributed by atoms with E-state index in [1.807, 2.05) is 13.8 Å². The molecule has 0 saturated heterocycles. The molecular formula is C14H21NO4S. The van der Waals surface area contributed by atoms with E-state index < -0.39 is 0 Å². The highest BCUT2D eigenvalue weighted by Crippen LogP contribution is 2.32. The number of hydrogen-bond acceptors (Lipinski definition) is 6. The molecule has 5 nitrogen and oxygen atoms in total. The van der Waals surface area contributed by atoms with Crippen molar-refractivity contribution in [3.05, 3.63) is 16.0 Å². The Balaban J connectivity index is 2.72. The van der Waals surface area contributed by atoms with Gasteiger partial charge in [-0.1, -0.05) is 0 Å². The summed E-state index contributed by atoms with van der Waals surface area (Å²) in [4.78, 5) is 24.3. The second-order valence-electron chi connectivity index (χ2n) is 4.19. The summed E-state index contributed by atoms with van der Waals surface area (Å²) in [5.41, 5.74) is 1.49. The number of carbonyl (C=O) groups excluding carboxylic acids is 2. The maximum Gasteiger partial charge on any atom is 0.341 e. The van der Waals surface area contributed by atoms with Crippen LogP contribution in [0.2, 0.25) is 0 Å². The first-order valence-corrected chi connectivity index (χ1v) is 7.49. The summed E-state index contributed by atoms with van der Waals surface area (Å²) in [5.74, 6) is -0.573. The Morgan fingerprint density at radius 2 is 1.80 bits per heavy atom. The average Bonchev–Trinajstić information content (AvgIpc) is 2.66. The summed E-state index contributed by atoms with van der Waals surface area (Å²) in [6, 6.07) is 0. The quantitative estimate of drug-likeness (QED) is 0.784. The van der Waals surface area contributed by atoms with Gasteiger partial charge >= 0.3 is 11.9 Å². The van der Waals surface area contributed by atoms with Gasteiger partial charge in [0.05, 0.1) is 25.2 Å². The third-order valence-corrected chi connectivity index (χ3v) is 3.95. The summed E-state index contributed by atoms with van der Waals surface area (Å²) < 4.78 is 9.92. The van der Waals surface area contributed by atoms with Crippen LogP contribution < -0.4 is 5.32 Å². The molecule has 20 heavy (non-hydrogen) atoms. The molecular weight excluding hydrogens is 278 g/mol. The predicted molar refractivity (Wildman–Crippen MR) is 79.5 cm³/mol. The number of anilines is 1. The zero-order valence-electron chi connectivity index (χ0n) is 12.4. The van der Waals surface area contributed by atoms with Gasteiger partial charge in [-0.3, -0.25) is 4.79 Å². The summed E-state index contributed by atoms with van der Waals surface area (Å²) in [5, 5.41) is 3.87. The van der Waals surface area contributed by atoms with Crippen LogP contribution in [-0.2, 0) is 14.3 Å². The van der Waals surface area contributed by atoms with E-state index in [0.29, 0.717) is 25.3 Å². The smallest absolute Gasteiger partial charge is 0.341 e. The Kier molecular flexibility index (Phi) is 6.51. The minimum absolute atomic E-state index is 0.248. The molecule has 1 aromatic heterocycles. The van der Waals surface area contributed by atoms with Crippen LogP contribution in [0, 0.1) is 13.8 Å². The Morgan fingerprint density at radius 1 is 1.15 bits per heavy atom. The zero-order chi connectivity index (χ0) is 15.1. The van der Waals surface area contributed by atoms with E-state index in [9.17, 15) is 9.59 Å². The van der Waals surface area contributed by atoms with Crippen molar-refractivity contribution in [2.45, 2.75) is 34.1 Å². The van der Waals surface area contributed by atoms with Gasteiger partial charge in [0.15, 0.2) is 0 Å². The number of nitrogens with one attached hydrogen (secondary N) is 1. The molecule has 0 aliphatic heterocycles. The summed E-state index contributed by atoms with van der Waals surface area (Å²) in [6.07, 6.45) is 0.270. The fraction of sp³-hybridized carbons (Fsp3) is 0.571. The van der Waals surface area contributed by atoms with E-state index in [4.69, 9.17) is 9.47 Å². The van der Waals surface area contributed by atoms with Crippen LogP contribution in [0.15, 0.2) is 0 Å². The van der Waals surface area contributed by atoms with E-state index in [-0.39, 0.29) is 18.4 Å². The van der Waals surface area contributed by atoms with Crippen LogP contribution in [0.1, 0.15) is 41.1 Å². The molecule has 0 aliphatic carbocycles. The van der Waals surface area contributed by atoms with Gasteiger partial charge < -0.3 is 14.8 Å². The highest BCUT2D eigenvalue weighted by Gasteiger charge is 2.20. The molecule has 1 N–H and O–H groups in total. The Morgan fingerprint density at radius 3 is 2.40 bits per heavy atom. The van der Waals surface area contributed by atoms with Crippen molar-refractivity contribution >= 4 is 28.3 Å². The lowest BCUT2D eigenvalue weighted by Gasteiger charge is -2.07. The molecule has 0 aromatic carbocycles. The Bertz CT molecular complexity index is 482. The van der Waals surface area contributed by atoms with Crippen LogP contribution in [0.25, 0.3) is 0 Å². The molecule has 112 valence electrons. The summed E-state index contributed by atoms with van der Waals surface area (Å²) in [6.45, 7) is 8.56. The molecule has 6 heteroatoms. The van der Waals surface area contributed by atoms with Gasteiger partial charge in [0.25, 0.3) is 0 Å². The molecule has 0 bridgehead atoms. The van der Waals surface area contributed by atoms with Crippen LogP contribution >= 0.6 is 11.3 Å². The number of esters is 2. The van der Waals surface area contributed by atoms with Gasteiger partial charge in [0.2, 0.25) is 0 Å². The zero-order valence-corrected chi connectivity index (χ0v) is 13.2. The first-order valence-electron chi connectivity index (χ1n) is 6.67. The molecule has 0 fully saturated rings. The van der Waals surface area contributed by atoms with Crippen LogP contribution in [0.5, 0.6) is 0 Å². The van der Waals surface area contributed by atoms with Crippen LogP contribution in [0.3, 0.4) is 0 Å². The van der Waals surface area contributed by atoms with Crippen molar-refractivity contribution in [2.24, 2.45) is 0 Å². The molecule has 0 amide bonds. The molecule has 0 atom stereocenters. The average molecular weight is 299 g/mol. The maximum atomic E-state index is 12.0. The lowest BCUT2D eigenvalue weighted by Crippen LogP contribution is -2.13. The fourth-order valence-electron chi connectivity index (χ4n) is 1.71. The Hall–Kier alpha value is -1.56. The van der Waals surface area contributed by atoms with Gasteiger partial charge in [-0.15, -0.1) is 11.3 Å². The van der Waals surface area contributed by atoms with E-state index in [2.05, 4.69) is 5.32 Å². The SMILES string of the molecule is CCOC(=O)CCNc1sc(C)c(C)c1C(=O)OCC. The maximum absolute atomic E-state index is 12.0. The molecule has 1 rings (SSSR count). The van der Waals surface area contributed by atoms with Gasteiger partial charge in [-0.25, -0.2) is 4.79 Å². The van der Waals surface area contributed by atoms with Crippen molar-refractivity contribution in [1.82, 2.24) is 0 Å². The van der Waals surface area contributed by atoms with E-state index in [0.717, 1.165) is 15.4 Å². The number of thiophene rings is 1. The first-order chi connectivity index (χ1) is 9.51. The van der Waals surface area contributed by atoms with E-state index >= 15 is 0 Å². The van der Waals surface area contributed by atoms with Crippen molar-refractivity contribution in [3.63, 3.8) is 0 Å². The van der Waals surface area contributed by atoms with Crippen LogP contribution in [0.4, 0.5) is 5.00 Å². The largest absolute Gasteiger partial charge is 0.466 e. The number of carbonyl (C=O) groups is 2. The van der Waals surface area contributed by atoms with Crippen molar-refractivity contribution in [2.75, 3.05) is 25.1 Å². The third-order valence-electron chi connectivity index (χ3n) is 2.78. The highest BCUT2D eigenvalue weighted by atomic mass is 32.1. The fourth-order valence-corrected chi connectivity index (χ4v) is 2.79. The lowest BCUT2D eigenvalue weighted by molar-refractivity contribution is -0.142. The topological polar surface area (TPSA) is 64.6 Å². The second-order valence-corrected chi connectivity index (χ2v) is 5.41. The third kappa shape index (κ3) is 4.23. The first kappa shape index (κ1) is 16.5.